The average Bonchev–Trinajstić information content (AvgIpc) is 2.70. The first kappa shape index (κ1) is 10.9. The highest BCUT2D eigenvalue weighted by molar-refractivity contribution is 5.81. The summed E-state index contributed by atoms with van der Waals surface area (Å²) in [7, 11) is 0. The number of nitrogens with zero attached hydrogens (tertiary/aromatic N) is 3. The molecule has 0 aliphatic rings. The van der Waals surface area contributed by atoms with E-state index in [9.17, 15) is 5.11 Å². The molecule has 0 fully saturated rings. The molecule has 2 aromatic rings. The van der Waals surface area contributed by atoms with Gasteiger partial charge in [0, 0.05) is 0 Å². The highest BCUT2D eigenvalue weighted by Crippen LogP contribution is 2.16. The smallest absolute Gasteiger partial charge is 0.235 e. The SMILES string of the molecule is Cc1ccc(/C=N/Nc2nonc2N)cc1O. The van der Waals surface area contributed by atoms with Crippen molar-refractivity contribution in [3.8, 4) is 5.75 Å². The number of aromatic hydroxyl groups is 1. The fraction of sp³-hybridized carbons (Fsp3) is 0.100. The normalized spacial score (nSPS) is 10.9. The predicted octanol–water partition coefficient (Wildman–Crippen LogP) is 1.11. The third-order valence-corrected chi connectivity index (χ3v) is 2.13. The molecule has 0 spiro atoms. The van der Waals surface area contributed by atoms with Crippen LogP contribution in [0.15, 0.2) is 27.9 Å². The van der Waals surface area contributed by atoms with Crippen molar-refractivity contribution in [2.45, 2.75) is 6.92 Å². The molecule has 0 bridgehead atoms. The first-order chi connectivity index (χ1) is 8.16. The van der Waals surface area contributed by atoms with Crippen molar-refractivity contribution in [2.24, 2.45) is 5.10 Å². The van der Waals surface area contributed by atoms with Gasteiger partial charge in [-0.15, -0.1) is 0 Å². The second-order valence-electron chi connectivity index (χ2n) is 3.41. The zero-order valence-electron chi connectivity index (χ0n) is 9.08. The van der Waals surface area contributed by atoms with E-state index in [1.807, 2.05) is 13.0 Å². The Morgan fingerprint density at radius 2 is 2.29 bits per heavy atom. The summed E-state index contributed by atoms with van der Waals surface area (Å²) in [5, 5.41) is 20.3. The number of hydrazone groups is 1. The maximum atomic E-state index is 9.49. The summed E-state index contributed by atoms with van der Waals surface area (Å²) in [4.78, 5) is 0. The number of nitrogen functional groups attached to an aromatic ring is 1. The van der Waals surface area contributed by atoms with Crippen LogP contribution in [-0.4, -0.2) is 21.6 Å². The Labute approximate surface area is 96.9 Å². The quantitative estimate of drug-likeness (QED) is 0.541. The summed E-state index contributed by atoms with van der Waals surface area (Å²) >= 11 is 0. The van der Waals surface area contributed by atoms with E-state index in [1.54, 1.807) is 12.1 Å². The molecule has 0 saturated carbocycles. The largest absolute Gasteiger partial charge is 0.508 e. The fourth-order valence-corrected chi connectivity index (χ4v) is 1.15. The topological polar surface area (TPSA) is 110 Å². The lowest BCUT2D eigenvalue weighted by Crippen LogP contribution is -1.95. The van der Waals surface area contributed by atoms with Gasteiger partial charge in [0.2, 0.25) is 11.6 Å². The van der Waals surface area contributed by atoms with Crippen molar-refractivity contribution in [3.63, 3.8) is 0 Å². The number of aromatic nitrogens is 2. The van der Waals surface area contributed by atoms with Crippen molar-refractivity contribution in [1.29, 1.82) is 0 Å². The molecule has 0 saturated heterocycles. The van der Waals surface area contributed by atoms with E-state index in [0.29, 0.717) is 0 Å². The molecule has 1 heterocycles. The molecule has 7 heteroatoms. The van der Waals surface area contributed by atoms with Gasteiger partial charge < -0.3 is 10.8 Å². The Morgan fingerprint density at radius 1 is 1.47 bits per heavy atom. The molecule has 1 aromatic heterocycles. The molecular weight excluding hydrogens is 222 g/mol. The average molecular weight is 233 g/mol. The summed E-state index contributed by atoms with van der Waals surface area (Å²) < 4.78 is 4.38. The molecule has 0 amide bonds. The molecule has 88 valence electrons. The Balaban J connectivity index is 2.06. The van der Waals surface area contributed by atoms with Crippen molar-refractivity contribution >= 4 is 17.9 Å². The van der Waals surface area contributed by atoms with Crippen LogP contribution in [0.3, 0.4) is 0 Å². The van der Waals surface area contributed by atoms with E-state index in [2.05, 4.69) is 25.5 Å². The first-order valence-corrected chi connectivity index (χ1v) is 4.83. The summed E-state index contributed by atoms with van der Waals surface area (Å²) in [5.74, 6) is 0.600. The zero-order chi connectivity index (χ0) is 12.3. The molecule has 0 radical (unpaired) electrons. The molecule has 1 aromatic carbocycles. The van der Waals surface area contributed by atoms with E-state index >= 15 is 0 Å². The second-order valence-corrected chi connectivity index (χ2v) is 3.41. The number of nitrogens with one attached hydrogen (secondary N) is 1. The minimum Gasteiger partial charge on any atom is -0.508 e. The fourth-order valence-electron chi connectivity index (χ4n) is 1.15. The maximum Gasteiger partial charge on any atom is 0.235 e. The number of phenols is 1. The van der Waals surface area contributed by atoms with Crippen LogP contribution in [0, 0.1) is 6.92 Å². The standard InChI is InChI=1S/C10H11N5O2/c1-6-2-3-7(4-8(6)16)5-12-13-10-9(11)14-17-15-10/h2-5,16H,1H3,(H2,11,14)(H,13,15)/b12-5+. The number of anilines is 2. The van der Waals surface area contributed by atoms with Crippen LogP contribution >= 0.6 is 0 Å². The van der Waals surface area contributed by atoms with Gasteiger partial charge in [0.15, 0.2) is 0 Å². The van der Waals surface area contributed by atoms with Crippen molar-refractivity contribution in [1.82, 2.24) is 10.3 Å². The van der Waals surface area contributed by atoms with Crippen LogP contribution < -0.4 is 11.2 Å². The van der Waals surface area contributed by atoms with Gasteiger partial charge in [0.25, 0.3) is 0 Å². The minimum absolute atomic E-state index is 0.133. The molecule has 17 heavy (non-hydrogen) atoms. The van der Waals surface area contributed by atoms with Gasteiger partial charge in [-0.3, -0.25) is 5.43 Å². The lowest BCUT2D eigenvalue weighted by molar-refractivity contribution is 0.310. The number of phenolic OH excluding ortho intramolecular Hbond substituents is 1. The monoisotopic (exact) mass is 233 g/mol. The highest BCUT2D eigenvalue weighted by atomic mass is 16.6. The Hall–Kier alpha value is -2.57. The summed E-state index contributed by atoms with van der Waals surface area (Å²) in [5.41, 5.74) is 9.54. The zero-order valence-corrected chi connectivity index (χ0v) is 9.08. The third kappa shape index (κ3) is 2.51. The maximum absolute atomic E-state index is 9.49. The molecule has 4 N–H and O–H groups in total. The van der Waals surface area contributed by atoms with Crippen LogP contribution in [0.4, 0.5) is 11.6 Å². The lowest BCUT2D eigenvalue weighted by Gasteiger charge is -1.99. The van der Waals surface area contributed by atoms with Gasteiger partial charge in [0.05, 0.1) is 6.21 Å². The molecule has 2 rings (SSSR count). The molecule has 0 aliphatic carbocycles. The number of aryl methyl sites for hydroxylation is 1. The number of hydrogen-bond donors (Lipinski definition) is 3. The summed E-state index contributed by atoms with van der Waals surface area (Å²) in [6.45, 7) is 1.82. The van der Waals surface area contributed by atoms with Crippen molar-refractivity contribution in [3.05, 3.63) is 29.3 Å². The molecule has 0 unspecified atom stereocenters. The predicted molar refractivity (Wildman–Crippen MR) is 62.8 cm³/mol. The number of nitrogens with two attached hydrogens (primary N) is 1. The van der Waals surface area contributed by atoms with Crippen molar-refractivity contribution < 1.29 is 9.74 Å². The summed E-state index contributed by atoms with van der Waals surface area (Å²) in [6.07, 6.45) is 1.52. The van der Waals surface area contributed by atoms with E-state index in [-0.39, 0.29) is 17.4 Å². The number of rotatable bonds is 3. The van der Waals surface area contributed by atoms with E-state index in [1.165, 1.54) is 6.21 Å². The minimum atomic E-state index is 0.133. The molecule has 0 atom stereocenters. The molecular formula is C10H11N5O2. The Morgan fingerprint density at radius 3 is 2.94 bits per heavy atom. The van der Waals surface area contributed by atoms with Crippen molar-refractivity contribution in [2.75, 3.05) is 11.2 Å². The highest BCUT2D eigenvalue weighted by Gasteiger charge is 2.02. The number of benzene rings is 1. The number of hydrogen-bond acceptors (Lipinski definition) is 7. The van der Waals surface area contributed by atoms with E-state index < -0.39 is 0 Å². The van der Waals surface area contributed by atoms with Crippen LogP contribution in [-0.2, 0) is 0 Å². The first-order valence-electron chi connectivity index (χ1n) is 4.83. The van der Waals surface area contributed by atoms with Gasteiger partial charge in [0.1, 0.15) is 5.75 Å². The second kappa shape index (κ2) is 4.52. The van der Waals surface area contributed by atoms with Gasteiger partial charge in [-0.25, -0.2) is 4.63 Å². The third-order valence-electron chi connectivity index (χ3n) is 2.13. The van der Waals surface area contributed by atoms with Crippen LogP contribution in [0.25, 0.3) is 0 Å². The van der Waals surface area contributed by atoms with Crippen LogP contribution in [0.5, 0.6) is 5.75 Å². The van der Waals surface area contributed by atoms with E-state index in [0.717, 1.165) is 11.1 Å². The van der Waals surface area contributed by atoms with Gasteiger partial charge in [-0.05, 0) is 34.4 Å². The Kier molecular flexibility index (Phi) is 2.91. The van der Waals surface area contributed by atoms with Gasteiger partial charge >= 0.3 is 0 Å². The summed E-state index contributed by atoms with van der Waals surface area (Å²) in [6, 6.07) is 5.22. The van der Waals surface area contributed by atoms with E-state index in [4.69, 9.17) is 5.73 Å². The lowest BCUT2D eigenvalue weighted by atomic mass is 10.1. The molecule has 7 nitrogen and oxygen atoms in total. The Bertz CT molecular complexity index is 549. The van der Waals surface area contributed by atoms with Gasteiger partial charge in [-0.1, -0.05) is 12.1 Å². The van der Waals surface area contributed by atoms with Crippen LogP contribution in [0.1, 0.15) is 11.1 Å². The van der Waals surface area contributed by atoms with Gasteiger partial charge in [-0.2, -0.15) is 5.10 Å². The molecule has 0 aliphatic heterocycles. The van der Waals surface area contributed by atoms with Crippen LogP contribution in [0.2, 0.25) is 0 Å².